The number of rotatable bonds is 3. The summed E-state index contributed by atoms with van der Waals surface area (Å²) in [5.41, 5.74) is -0.961. The Morgan fingerprint density at radius 2 is 2.09 bits per heavy atom. The Balaban J connectivity index is 2.46. The molecule has 120 valence electrons. The van der Waals surface area contributed by atoms with Crippen LogP contribution in [0.25, 0.3) is 0 Å². The normalized spacial score (nSPS) is 11.0. The SMILES string of the molecule is CN(C)C=Nc1nc(=O)n(C(=O)c2ccc(Cl)cc2Cl)cc1F. The molecule has 0 radical (unpaired) electrons. The minimum absolute atomic E-state index is 0.00362. The van der Waals surface area contributed by atoms with E-state index in [0.717, 1.165) is 6.20 Å². The predicted octanol–water partition coefficient (Wildman–Crippen LogP) is 2.60. The van der Waals surface area contributed by atoms with Crippen molar-refractivity contribution in [1.29, 1.82) is 0 Å². The van der Waals surface area contributed by atoms with Gasteiger partial charge < -0.3 is 4.90 Å². The van der Waals surface area contributed by atoms with Crippen molar-refractivity contribution in [2.45, 2.75) is 0 Å². The van der Waals surface area contributed by atoms with E-state index in [0.29, 0.717) is 9.59 Å². The first kappa shape index (κ1) is 17.1. The number of halogens is 3. The number of nitrogens with zero attached hydrogens (tertiary/aromatic N) is 4. The molecule has 0 saturated heterocycles. The van der Waals surface area contributed by atoms with E-state index in [4.69, 9.17) is 23.2 Å². The Morgan fingerprint density at radius 1 is 1.39 bits per heavy atom. The van der Waals surface area contributed by atoms with Crippen molar-refractivity contribution >= 4 is 41.3 Å². The van der Waals surface area contributed by atoms with Gasteiger partial charge in [0.1, 0.15) is 0 Å². The molecule has 0 amide bonds. The maximum Gasteiger partial charge on any atom is 0.356 e. The maximum atomic E-state index is 14.0. The molecule has 1 aromatic heterocycles. The summed E-state index contributed by atoms with van der Waals surface area (Å²) in [4.78, 5) is 33.0. The van der Waals surface area contributed by atoms with E-state index in [1.165, 1.54) is 24.5 Å². The molecule has 2 aromatic rings. The topological polar surface area (TPSA) is 67.6 Å². The van der Waals surface area contributed by atoms with Gasteiger partial charge in [-0.2, -0.15) is 4.98 Å². The monoisotopic (exact) mass is 356 g/mol. The second-order valence-corrected chi connectivity index (χ2v) is 5.55. The molecule has 0 saturated carbocycles. The van der Waals surface area contributed by atoms with Crippen LogP contribution in [-0.4, -0.2) is 40.8 Å². The third-order valence-corrected chi connectivity index (χ3v) is 3.20. The largest absolute Gasteiger partial charge is 0.369 e. The molecule has 1 aromatic carbocycles. The van der Waals surface area contributed by atoms with Gasteiger partial charge in [-0.15, -0.1) is 0 Å². The number of benzene rings is 1. The molecule has 0 aliphatic heterocycles. The fourth-order valence-corrected chi connectivity index (χ4v) is 2.11. The summed E-state index contributed by atoms with van der Waals surface area (Å²) in [5, 5.41) is 0.376. The van der Waals surface area contributed by atoms with Gasteiger partial charge in [-0.05, 0) is 18.2 Å². The Morgan fingerprint density at radius 3 is 2.70 bits per heavy atom. The van der Waals surface area contributed by atoms with E-state index < -0.39 is 23.2 Å². The Labute approximate surface area is 140 Å². The highest BCUT2D eigenvalue weighted by Crippen LogP contribution is 2.22. The smallest absolute Gasteiger partial charge is 0.356 e. The van der Waals surface area contributed by atoms with E-state index in [9.17, 15) is 14.0 Å². The number of carbonyl (C=O) groups is 1. The average Bonchev–Trinajstić information content (AvgIpc) is 2.47. The zero-order valence-electron chi connectivity index (χ0n) is 12.1. The van der Waals surface area contributed by atoms with Crippen LogP contribution in [0.3, 0.4) is 0 Å². The van der Waals surface area contributed by atoms with Gasteiger partial charge in [0.05, 0.1) is 23.1 Å². The molecular formula is C14H11Cl2FN4O2. The first-order chi connectivity index (χ1) is 10.8. The number of hydrogen-bond acceptors (Lipinski definition) is 4. The summed E-state index contributed by atoms with van der Waals surface area (Å²) in [6.07, 6.45) is 2.01. The molecule has 0 bridgehead atoms. The van der Waals surface area contributed by atoms with Gasteiger partial charge in [-0.1, -0.05) is 23.2 Å². The summed E-state index contributed by atoms with van der Waals surface area (Å²) < 4.78 is 14.5. The van der Waals surface area contributed by atoms with Gasteiger partial charge in [0.15, 0.2) is 11.6 Å². The van der Waals surface area contributed by atoms with Gasteiger partial charge in [0, 0.05) is 19.1 Å². The molecule has 0 fully saturated rings. The van der Waals surface area contributed by atoms with Crippen molar-refractivity contribution < 1.29 is 9.18 Å². The standard InChI is InChI=1S/C14H11Cl2FN4O2/c1-20(2)7-18-12-11(17)6-21(14(23)19-12)13(22)9-4-3-8(15)5-10(9)16/h3-7H,1-2H3. The van der Waals surface area contributed by atoms with Crippen LogP contribution < -0.4 is 5.69 Å². The van der Waals surface area contributed by atoms with Crippen LogP contribution in [0.5, 0.6) is 0 Å². The van der Waals surface area contributed by atoms with Crippen LogP contribution in [0, 0.1) is 5.82 Å². The predicted molar refractivity (Wildman–Crippen MR) is 86.5 cm³/mol. The van der Waals surface area contributed by atoms with Crippen molar-refractivity contribution in [3.8, 4) is 0 Å². The molecule has 9 heteroatoms. The van der Waals surface area contributed by atoms with E-state index in [-0.39, 0.29) is 10.6 Å². The Hall–Kier alpha value is -2.25. The molecule has 0 unspecified atom stereocenters. The first-order valence-electron chi connectivity index (χ1n) is 6.29. The Bertz CT molecular complexity index is 849. The van der Waals surface area contributed by atoms with E-state index in [2.05, 4.69) is 9.98 Å². The highest BCUT2D eigenvalue weighted by atomic mass is 35.5. The molecular weight excluding hydrogens is 346 g/mol. The quantitative estimate of drug-likeness (QED) is 0.626. The molecule has 0 N–H and O–H groups in total. The first-order valence-corrected chi connectivity index (χ1v) is 7.04. The van der Waals surface area contributed by atoms with Crippen LogP contribution >= 0.6 is 23.2 Å². The number of aromatic nitrogens is 2. The fraction of sp³-hybridized carbons (Fsp3) is 0.143. The van der Waals surface area contributed by atoms with Gasteiger partial charge >= 0.3 is 5.69 Å². The second kappa shape index (κ2) is 6.89. The lowest BCUT2D eigenvalue weighted by molar-refractivity contribution is 0.0953. The Kier molecular flexibility index (Phi) is 5.12. The van der Waals surface area contributed by atoms with Crippen LogP contribution in [0.15, 0.2) is 34.2 Å². The molecule has 6 nitrogen and oxygen atoms in total. The zero-order chi connectivity index (χ0) is 17.1. The summed E-state index contributed by atoms with van der Waals surface area (Å²) in [6, 6.07) is 4.13. The molecule has 0 atom stereocenters. The van der Waals surface area contributed by atoms with Crippen LogP contribution in [0.2, 0.25) is 10.0 Å². The molecule has 1 heterocycles. The van der Waals surface area contributed by atoms with E-state index >= 15 is 0 Å². The van der Waals surface area contributed by atoms with Gasteiger partial charge in [0.25, 0.3) is 5.91 Å². The highest BCUT2D eigenvalue weighted by molar-refractivity contribution is 6.36. The van der Waals surface area contributed by atoms with Crippen molar-refractivity contribution in [2.75, 3.05) is 14.1 Å². The van der Waals surface area contributed by atoms with Crippen molar-refractivity contribution in [1.82, 2.24) is 14.5 Å². The lowest BCUT2D eigenvalue weighted by atomic mass is 10.2. The van der Waals surface area contributed by atoms with Crippen molar-refractivity contribution in [3.63, 3.8) is 0 Å². The maximum absolute atomic E-state index is 14.0. The summed E-state index contributed by atoms with van der Waals surface area (Å²) in [5.74, 6) is -2.14. The van der Waals surface area contributed by atoms with E-state index in [1.807, 2.05) is 0 Å². The van der Waals surface area contributed by atoms with Crippen LogP contribution in [0.4, 0.5) is 10.2 Å². The molecule has 0 aliphatic carbocycles. The number of carbonyl (C=O) groups excluding carboxylic acids is 1. The molecule has 23 heavy (non-hydrogen) atoms. The third-order valence-electron chi connectivity index (χ3n) is 2.65. The average molecular weight is 357 g/mol. The van der Waals surface area contributed by atoms with E-state index in [1.54, 1.807) is 19.0 Å². The third kappa shape index (κ3) is 3.94. The second-order valence-electron chi connectivity index (χ2n) is 4.70. The minimum atomic E-state index is -0.965. The lowest BCUT2D eigenvalue weighted by Crippen LogP contribution is -2.29. The number of hydrogen-bond donors (Lipinski definition) is 0. The van der Waals surface area contributed by atoms with Crippen LogP contribution in [-0.2, 0) is 0 Å². The molecule has 0 spiro atoms. The zero-order valence-corrected chi connectivity index (χ0v) is 13.6. The van der Waals surface area contributed by atoms with Crippen molar-refractivity contribution in [2.24, 2.45) is 4.99 Å². The highest BCUT2D eigenvalue weighted by Gasteiger charge is 2.17. The van der Waals surface area contributed by atoms with Gasteiger partial charge in [-0.3, -0.25) is 4.79 Å². The van der Waals surface area contributed by atoms with Gasteiger partial charge in [-0.25, -0.2) is 18.7 Å². The van der Waals surface area contributed by atoms with Crippen LogP contribution in [0.1, 0.15) is 10.4 Å². The number of aliphatic imine (C=N–C) groups is 1. The summed E-state index contributed by atoms with van der Waals surface area (Å²) in [6.45, 7) is 0. The molecule has 0 aliphatic rings. The summed E-state index contributed by atoms with van der Waals surface area (Å²) in [7, 11) is 3.35. The molecule has 2 rings (SSSR count). The minimum Gasteiger partial charge on any atom is -0.369 e. The van der Waals surface area contributed by atoms with Crippen molar-refractivity contribution in [3.05, 3.63) is 56.3 Å². The summed E-state index contributed by atoms with van der Waals surface area (Å²) >= 11 is 11.7. The fourth-order valence-electron chi connectivity index (χ4n) is 1.62. The van der Waals surface area contributed by atoms with Gasteiger partial charge in [0.2, 0.25) is 0 Å². The lowest BCUT2D eigenvalue weighted by Gasteiger charge is -2.07.